The fraction of sp³-hybridized carbons (Fsp3) is 0.381. The molecular formula is C21H23Cl3N2O2. The first-order valence-electron chi connectivity index (χ1n) is 9.33. The van der Waals surface area contributed by atoms with Crippen molar-refractivity contribution in [2.24, 2.45) is 5.92 Å². The summed E-state index contributed by atoms with van der Waals surface area (Å²) in [6.45, 7) is 3.52. The topological polar surface area (TPSA) is 41.6 Å². The van der Waals surface area contributed by atoms with Gasteiger partial charge in [0.2, 0.25) is 5.91 Å². The van der Waals surface area contributed by atoms with Gasteiger partial charge in [0.05, 0.1) is 16.6 Å². The fourth-order valence-corrected chi connectivity index (χ4v) is 3.71. The molecule has 28 heavy (non-hydrogen) atoms. The van der Waals surface area contributed by atoms with E-state index in [-0.39, 0.29) is 11.8 Å². The van der Waals surface area contributed by atoms with Crippen LogP contribution in [0.3, 0.4) is 0 Å². The van der Waals surface area contributed by atoms with Crippen LogP contribution in [0.1, 0.15) is 18.4 Å². The molecule has 150 valence electrons. The maximum Gasteiger partial charge on any atom is 0.223 e. The number of benzene rings is 2. The molecule has 7 heteroatoms. The van der Waals surface area contributed by atoms with Crippen molar-refractivity contribution in [2.75, 3.05) is 26.2 Å². The summed E-state index contributed by atoms with van der Waals surface area (Å²) in [5.74, 6) is 0.906. The normalized spacial score (nSPS) is 15.4. The predicted octanol–water partition coefficient (Wildman–Crippen LogP) is 5.05. The fourth-order valence-electron chi connectivity index (χ4n) is 3.27. The smallest absolute Gasteiger partial charge is 0.223 e. The number of carbonyl (C=O) groups excluding carboxylic acids is 1. The summed E-state index contributed by atoms with van der Waals surface area (Å²) in [6, 6.07) is 12.9. The van der Waals surface area contributed by atoms with Crippen LogP contribution < -0.4 is 10.1 Å². The number of nitrogens with zero attached hydrogens (tertiary/aromatic N) is 1. The van der Waals surface area contributed by atoms with Gasteiger partial charge in [0, 0.05) is 17.5 Å². The van der Waals surface area contributed by atoms with Gasteiger partial charge in [-0.15, -0.1) is 0 Å². The minimum atomic E-state index is 0.0561. The van der Waals surface area contributed by atoms with Gasteiger partial charge in [-0.05, 0) is 67.9 Å². The highest BCUT2D eigenvalue weighted by molar-refractivity contribution is 6.42. The lowest BCUT2D eigenvalue weighted by atomic mass is 9.95. The number of rotatable bonds is 7. The number of carbonyl (C=O) groups is 1. The van der Waals surface area contributed by atoms with Crippen molar-refractivity contribution in [1.82, 2.24) is 10.2 Å². The molecule has 0 aliphatic carbocycles. The molecule has 2 aromatic carbocycles. The SMILES string of the molecule is O=C(NCCOc1ccc(Cl)cc1)C1CCN(Cc2ccc(Cl)c(Cl)c2)CC1. The summed E-state index contributed by atoms with van der Waals surface area (Å²) in [5, 5.41) is 4.79. The molecule has 3 rings (SSSR count). The van der Waals surface area contributed by atoms with Crippen LogP contribution >= 0.6 is 34.8 Å². The van der Waals surface area contributed by atoms with Crippen LogP contribution in [0.15, 0.2) is 42.5 Å². The quantitative estimate of drug-likeness (QED) is 0.611. The van der Waals surface area contributed by atoms with Crippen LogP contribution in [0.25, 0.3) is 0 Å². The van der Waals surface area contributed by atoms with E-state index in [1.807, 2.05) is 30.3 Å². The van der Waals surface area contributed by atoms with Gasteiger partial charge in [-0.25, -0.2) is 0 Å². The number of likely N-dealkylation sites (tertiary alicyclic amines) is 1. The lowest BCUT2D eigenvalue weighted by Crippen LogP contribution is -2.41. The van der Waals surface area contributed by atoms with Crippen molar-refractivity contribution >= 4 is 40.7 Å². The molecule has 0 bridgehead atoms. The van der Waals surface area contributed by atoms with Crippen LogP contribution in [0.5, 0.6) is 5.75 Å². The second-order valence-electron chi connectivity index (χ2n) is 6.89. The number of piperidine rings is 1. The van der Waals surface area contributed by atoms with Crippen molar-refractivity contribution in [3.8, 4) is 5.75 Å². The number of hydrogen-bond donors (Lipinski definition) is 1. The molecule has 1 aliphatic heterocycles. The molecule has 0 spiro atoms. The van der Waals surface area contributed by atoms with Crippen LogP contribution in [0.4, 0.5) is 0 Å². The minimum Gasteiger partial charge on any atom is -0.492 e. The van der Waals surface area contributed by atoms with Gasteiger partial charge in [-0.2, -0.15) is 0 Å². The Morgan fingerprint density at radius 3 is 2.43 bits per heavy atom. The van der Waals surface area contributed by atoms with Crippen LogP contribution in [0.2, 0.25) is 15.1 Å². The molecule has 0 unspecified atom stereocenters. The first kappa shape index (κ1) is 21.3. The van der Waals surface area contributed by atoms with E-state index in [0.29, 0.717) is 28.2 Å². The number of nitrogens with one attached hydrogen (secondary N) is 1. The number of hydrogen-bond acceptors (Lipinski definition) is 3. The molecule has 1 N–H and O–H groups in total. The Morgan fingerprint density at radius 1 is 1.04 bits per heavy atom. The Balaban J connectivity index is 1.35. The molecule has 1 fully saturated rings. The minimum absolute atomic E-state index is 0.0561. The Bertz CT molecular complexity index is 791. The Kier molecular flexibility index (Phi) is 7.86. The van der Waals surface area contributed by atoms with E-state index in [9.17, 15) is 4.79 Å². The second kappa shape index (κ2) is 10.4. The Hall–Kier alpha value is -1.46. The van der Waals surface area contributed by atoms with Crippen LogP contribution in [0, 0.1) is 5.92 Å². The van der Waals surface area contributed by atoms with E-state index in [4.69, 9.17) is 39.5 Å². The summed E-state index contributed by atoms with van der Waals surface area (Å²) in [7, 11) is 0. The maximum absolute atomic E-state index is 12.4. The third kappa shape index (κ3) is 6.28. The van der Waals surface area contributed by atoms with Gasteiger partial charge in [0.25, 0.3) is 0 Å². The van der Waals surface area contributed by atoms with Gasteiger partial charge >= 0.3 is 0 Å². The van der Waals surface area contributed by atoms with Gasteiger partial charge in [-0.1, -0.05) is 40.9 Å². The molecule has 0 radical (unpaired) electrons. The third-order valence-electron chi connectivity index (χ3n) is 4.83. The summed E-state index contributed by atoms with van der Waals surface area (Å²) >= 11 is 17.9. The lowest BCUT2D eigenvalue weighted by molar-refractivity contribution is -0.126. The van der Waals surface area contributed by atoms with Gasteiger partial charge in [0.15, 0.2) is 0 Å². The number of halogens is 3. The lowest BCUT2D eigenvalue weighted by Gasteiger charge is -2.31. The second-order valence-corrected chi connectivity index (χ2v) is 8.14. The molecule has 1 aliphatic rings. The highest BCUT2D eigenvalue weighted by atomic mass is 35.5. The standard InChI is InChI=1S/C21H23Cl3N2O2/c22-17-2-4-18(5-3-17)28-12-9-25-21(27)16-7-10-26(11-8-16)14-15-1-6-19(23)20(24)13-15/h1-6,13,16H,7-12,14H2,(H,25,27). The molecule has 1 heterocycles. The van der Waals surface area contributed by atoms with Crippen molar-refractivity contribution in [3.05, 3.63) is 63.1 Å². The molecular weight excluding hydrogens is 419 g/mol. The third-order valence-corrected chi connectivity index (χ3v) is 5.82. The van der Waals surface area contributed by atoms with Crippen molar-refractivity contribution in [2.45, 2.75) is 19.4 Å². The first-order chi connectivity index (χ1) is 13.5. The molecule has 0 aromatic heterocycles. The van der Waals surface area contributed by atoms with Gasteiger partial charge in [-0.3, -0.25) is 9.69 Å². The molecule has 1 saturated heterocycles. The Labute approximate surface area is 180 Å². The summed E-state index contributed by atoms with van der Waals surface area (Å²) in [4.78, 5) is 14.7. The van der Waals surface area contributed by atoms with Crippen LogP contribution in [-0.2, 0) is 11.3 Å². The molecule has 1 amide bonds. The van der Waals surface area contributed by atoms with Crippen molar-refractivity contribution < 1.29 is 9.53 Å². The summed E-state index contributed by atoms with van der Waals surface area (Å²) in [6.07, 6.45) is 1.70. The zero-order valence-electron chi connectivity index (χ0n) is 15.5. The molecule has 0 atom stereocenters. The summed E-state index contributed by atoms with van der Waals surface area (Å²) < 4.78 is 5.60. The van der Waals surface area contributed by atoms with E-state index < -0.39 is 0 Å². The van der Waals surface area contributed by atoms with E-state index in [1.165, 1.54) is 0 Å². The molecule has 0 saturated carbocycles. The van der Waals surface area contributed by atoms with E-state index >= 15 is 0 Å². The average molecular weight is 442 g/mol. The molecule has 4 nitrogen and oxygen atoms in total. The number of amides is 1. The van der Waals surface area contributed by atoms with Crippen molar-refractivity contribution in [1.29, 1.82) is 0 Å². The Morgan fingerprint density at radius 2 is 1.75 bits per heavy atom. The average Bonchev–Trinajstić information content (AvgIpc) is 2.70. The highest BCUT2D eigenvalue weighted by Gasteiger charge is 2.24. The monoisotopic (exact) mass is 440 g/mol. The van der Waals surface area contributed by atoms with Gasteiger partial charge in [0.1, 0.15) is 12.4 Å². The summed E-state index contributed by atoms with van der Waals surface area (Å²) in [5.41, 5.74) is 1.14. The van der Waals surface area contributed by atoms with Crippen molar-refractivity contribution in [3.63, 3.8) is 0 Å². The zero-order chi connectivity index (χ0) is 19.9. The molecule has 2 aromatic rings. The van der Waals surface area contributed by atoms with Gasteiger partial charge < -0.3 is 10.1 Å². The van der Waals surface area contributed by atoms with E-state index in [2.05, 4.69) is 10.2 Å². The highest BCUT2D eigenvalue weighted by Crippen LogP contribution is 2.25. The predicted molar refractivity (Wildman–Crippen MR) is 114 cm³/mol. The number of ether oxygens (including phenoxy) is 1. The van der Waals surface area contributed by atoms with E-state index in [0.717, 1.165) is 43.8 Å². The maximum atomic E-state index is 12.4. The van der Waals surface area contributed by atoms with Crippen LogP contribution in [-0.4, -0.2) is 37.0 Å². The zero-order valence-corrected chi connectivity index (χ0v) is 17.7. The first-order valence-corrected chi connectivity index (χ1v) is 10.5. The van der Waals surface area contributed by atoms with E-state index in [1.54, 1.807) is 12.1 Å². The largest absolute Gasteiger partial charge is 0.492 e.